The van der Waals surface area contributed by atoms with E-state index >= 15 is 0 Å². The highest BCUT2D eigenvalue weighted by atomic mass is 16.5. The molecule has 0 aliphatic carbocycles. The summed E-state index contributed by atoms with van der Waals surface area (Å²) in [6.07, 6.45) is 4.31. The second-order valence-electron chi connectivity index (χ2n) is 20.5. The topological polar surface area (TPSA) is 404 Å². The fourth-order valence-electron chi connectivity index (χ4n) is 9.67. The summed E-state index contributed by atoms with van der Waals surface area (Å²) in [7, 11) is 5.57. The van der Waals surface area contributed by atoms with Crippen molar-refractivity contribution in [1.29, 1.82) is 0 Å². The van der Waals surface area contributed by atoms with Crippen molar-refractivity contribution in [3.8, 4) is 23.0 Å². The predicted molar refractivity (Wildman–Crippen MR) is 320 cm³/mol. The van der Waals surface area contributed by atoms with Gasteiger partial charge in [-0.25, -0.2) is 0 Å². The minimum absolute atomic E-state index is 0.0446. The molecule has 4 aromatic rings. The van der Waals surface area contributed by atoms with Gasteiger partial charge >= 0.3 is 0 Å². The molecular weight excluding hydrogens is 1080 g/mol. The van der Waals surface area contributed by atoms with Crippen LogP contribution >= 0.6 is 0 Å². The van der Waals surface area contributed by atoms with E-state index in [4.69, 9.17) is 59.1 Å². The van der Waals surface area contributed by atoms with Gasteiger partial charge in [0, 0.05) is 25.7 Å². The molecule has 84 heavy (non-hydrogen) atoms. The lowest BCUT2D eigenvalue weighted by Gasteiger charge is -2.21. The summed E-state index contributed by atoms with van der Waals surface area (Å²) in [5.74, 6) is -3.06. The molecule has 4 amide bonds. The van der Waals surface area contributed by atoms with Crippen LogP contribution in [0.25, 0.3) is 0 Å². The van der Waals surface area contributed by atoms with Gasteiger partial charge in [-0.2, -0.15) is 0 Å². The maximum atomic E-state index is 14.3. The van der Waals surface area contributed by atoms with E-state index in [0.29, 0.717) is 106 Å². The van der Waals surface area contributed by atoms with Crippen molar-refractivity contribution in [2.24, 2.45) is 40.1 Å². The third-order valence-corrected chi connectivity index (χ3v) is 14.2. The quantitative estimate of drug-likeness (QED) is 0.0224. The summed E-state index contributed by atoms with van der Waals surface area (Å²) < 4.78 is 21.9. The Kier molecular flexibility index (Phi) is 29.6. The van der Waals surface area contributed by atoms with Gasteiger partial charge in [-0.05, 0) is 168 Å². The Balaban J connectivity index is 1.56. The molecule has 4 atom stereocenters. The highest BCUT2D eigenvalue weighted by Crippen LogP contribution is 2.27. The number of nitrogens with one attached hydrogen (secondary N) is 4. The van der Waals surface area contributed by atoms with Crippen molar-refractivity contribution in [2.75, 3.05) is 54.6 Å². The highest BCUT2D eigenvalue weighted by Gasteiger charge is 2.29. The van der Waals surface area contributed by atoms with Crippen molar-refractivity contribution < 1.29 is 57.3 Å². The molecular formula is C61H87N11O12. The van der Waals surface area contributed by atoms with Crippen LogP contribution in [-0.4, -0.2) is 132 Å². The standard InChI is InChI=1S/C61H87N11O12/c1-81-53-21-17-37(29-41(53)57(66)77)33-49(73)45(13-5-9-25-62)69-58(78)42-30-38(18-22-54(42)82-2)34-50(74)46(14-6-10-26-63)70-59(79)43-31-39(19-23-55(43)83-3)35-51(75)47(15-7-11-27-64)71-60(80)44-32-40(20-24-56(44)84-4)36-52(76)48(72-61(67)68)16-8-12-28-65/h17-24,29-32,45-48,61,72H,5-16,25-28,33-36,62-65,67-68H2,1-4H3,(H2,66,77)(H,69,78)(H,70,79)(H,71,80)/t45-,46-,47-,48-/m0/s1. The number of methoxy groups -OCH3 is 4. The predicted octanol–water partition coefficient (Wildman–Crippen LogP) is 2.34. The largest absolute Gasteiger partial charge is 0.496 e. The number of unbranched alkanes of at least 4 members (excludes halogenated alkanes) is 4. The summed E-state index contributed by atoms with van der Waals surface area (Å²) in [6.45, 7) is 1.54. The molecule has 18 N–H and O–H groups in total. The Hall–Kier alpha value is -7.64. The van der Waals surface area contributed by atoms with Gasteiger partial charge in [0.05, 0.1) is 74.9 Å². The van der Waals surface area contributed by atoms with E-state index in [1.807, 2.05) is 0 Å². The second-order valence-corrected chi connectivity index (χ2v) is 20.5. The molecule has 0 aliphatic heterocycles. The number of rotatable bonds is 41. The average Bonchev–Trinajstić information content (AvgIpc) is 3.56. The molecule has 0 heterocycles. The number of Topliss-reactive ketones (excluding diaryl/α,β-unsaturated/α-hetero) is 4. The summed E-state index contributed by atoms with van der Waals surface area (Å²) in [6, 6.07) is 15.2. The van der Waals surface area contributed by atoms with Crippen LogP contribution in [0.3, 0.4) is 0 Å². The molecule has 0 unspecified atom stereocenters. The van der Waals surface area contributed by atoms with Crippen molar-refractivity contribution in [2.45, 2.75) is 133 Å². The number of ether oxygens (including phenoxy) is 4. The van der Waals surface area contributed by atoms with Gasteiger partial charge in [-0.1, -0.05) is 30.7 Å². The normalized spacial score (nSPS) is 12.6. The summed E-state index contributed by atoms with van der Waals surface area (Å²) in [5, 5.41) is 11.5. The Bertz CT molecular complexity index is 2870. The maximum absolute atomic E-state index is 14.3. The Morgan fingerprint density at radius 3 is 0.881 bits per heavy atom. The van der Waals surface area contributed by atoms with Gasteiger partial charge in [-0.15, -0.1) is 0 Å². The first-order valence-corrected chi connectivity index (χ1v) is 28.4. The molecule has 23 heteroatoms. The molecule has 458 valence electrons. The van der Waals surface area contributed by atoms with Gasteiger partial charge in [0.25, 0.3) is 23.6 Å². The van der Waals surface area contributed by atoms with Crippen molar-refractivity contribution in [1.82, 2.24) is 21.3 Å². The van der Waals surface area contributed by atoms with Gasteiger partial charge in [0.1, 0.15) is 29.3 Å². The van der Waals surface area contributed by atoms with E-state index in [1.54, 1.807) is 54.6 Å². The molecule has 0 aromatic heterocycles. The number of carbonyl (C=O) groups is 8. The lowest BCUT2D eigenvalue weighted by Crippen LogP contribution is -2.53. The molecule has 0 fully saturated rings. The second kappa shape index (κ2) is 36.2. The molecule has 0 saturated heterocycles. The lowest BCUT2D eigenvalue weighted by molar-refractivity contribution is -0.121. The fourth-order valence-corrected chi connectivity index (χ4v) is 9.67. The van der Waals surface area contributed by atoms with E-state index in [9.17, 15) is 38.4 Å². The molecule has 4 rings (SSSR count). The maximum Gasteiger partial charge on any atom is 0.255 e. The third kappa shape index (κ3) is 21.5. The number of benzene rings is 4. The first-order chi connectivity index (χ1) is 40.3. The monoisotopic (exact) mass is 1170 g/mol. The molecule has 0 spiro atoms. The summed E-state index contributed by atoms with van der Waals surface area (Å²) >= 11 is 0. The smallest absolute Gasteiger partial charge is 0.255 e. The summed E-state index contributed by atoms with van der Waals surface area (Å²) in [4.78, 5) is 111. The highest BCUT2D eigenvalue weighted by molar-refractivity contribution is 6.03. The molecule has 0 saturated carbocycles. The molecule has 0 aliphatic rings. The lowest BCUT2D eigenvalue weighted by atomic mass is 9.95. The molecule has 0 radical (unpaired) electrons. The first-order valence-electron chi connectivity index (χ1n) is 28.4. The van der Waals surface area contributed by atoms with Crippen molar-refractivity contribution >= 4 is 46.8 Å². The third-order valence-electron chi connectivity index (χ3n) is 14.2. The van der Waals surface area contributed by atoms with Crippen molar-refractivity contribution in [3.05, 3.63) is 117 Å². The number of ketones is 4. The Morgan fingerprint density at radius 1 is 0.381 bits per heavy atom. The van der Waals surface area contributed by atoms with Crippen LogP contribution in [0.5, 0.6) is 23.0 Å². The van der Waals surface area contributed by atoms with Crippen LogP contribution in [0, 0.1) is 0 Å². The number of hydrogen-bond donors (Lipinski definition) is 11. The fraction of sp³-hybridized carbons (Fsp3) is 0.475. The van der Waals surface area contributed by atoms with Gasteiger partial charge in [0.2, 0.25) is 0 Å². The minimum Gasteiger partial charge on any atom is -0.496 e. The zero-order valence-corrected chi connectivity index (χ0v) is 48.9. The minimum atomic E-state index is -1.03. The zero-order chi connectivity index (χ0) is 61.7. The number of primary amides is 1. The van der Waals surface area contributed by atoms with Crippen LogP contribution in [0.15, 0.2) is 72.8 Å². The van der Waals surface area contributed by atoms with Crippen LogP contribution in [0.1, 0.15) is 141 Å². The average molecular weight is 1170 g/mol. The van der Waals surface area contributed by atoms with Crippen LogP contribution in [0.2, 0.25) is 0 Å². The zero-order valence-electron chi connectivity index (χ0n) is 48.9. The van der Waals surface area contributed by atoms with Crippen molar-refractivity contribution in [3.63, 3.8) is 0 Å². The number of nitrogens with two attached hydrogens (primary N) is 7. The van der Waals surface area contributed by atoms with Crippen LogP contribution < -0.4 is 80.4 Å². The number of amides is 4. The Morgan fingerprint density at radius 2 is 0.631 bits per heavy atom. The van der Waals surface area contributed by atoms with Gasteiger partial charge < -0.3 is 75.0 Å². The first kappa shape index (κ1) is 68.9. The SMILES string of the molecule is COc1ccc(CC(=O)[C@H](CCCCN)NC(=O)c2cc(CC(=O)[C@H](CCCCN)NC(=O)c3cc(CC(=O)[C@H](CCCCN)NC(=O)c4cc(CC(=O)[C@H](CCCCN)NC(N)N)ccc4OC)ccc3OC)ccc2OC)cc1C(N)=O. The van der Waals surface area contributed by atoms with Gasteiger partial charge in [0.15, 0.2) is 23.1 Å². The van der Waals surface area contributed by atoms with E-state index in [1.165, 1.54) is 46.6 Å². The Labute approximate surface area is 491 Å². The van der Waals surface area contributed by atoms with E-state index in [2.05, 4.69) is 21.3 Å². The number of carbonyl (C=O) groups excluding carboxylic acids is 8. The number of hydrogen-bond acceptors (Lipinski definition) is 19. The molecule has 4 aromatic carbocycles. The molecule has 0 bridgehead atoms. The van der Waals surface area contributed by atoms with E-state index < -0.39 is 54.1 Å². The summed E-state index contributed by atoms with van der Waals surface area (Å²) in [5.41, 5.74) is 42.4. The van der Waals surface area contributed by atoms with E-state index in [0.717, 1.165) is 0 Å². The van der Waals surface area contributed by atoms with Crippen LogP contribution in [-0.2, 0) is 44.9 Å². The van der Waals surface area contributed by atoms with Crippen LogP contribution in [0.4, 0.5) is 0 Å². The van der Waals surface area contributed by atoms with Gasteiger partial charge in [-0.3, -0.25) is 43.7 Å². The molecule has 23 nitrogen and oxygen atoms in total. The van der Waals surface area contributed by atoms with E-state index in [-0.39, 0.29) is 113 Å².